The third-order valence-corrected chi connectivity index (χ3v) is 2.65. The van der Waals surface area contributed by atoms with Gasteiger partial charge in [0.2, 0.25) is 0 Å². The number of primary amides is 1. The van der Waals surface area contributed by atoms with Gasteiger partial charge in [-0.15, -0.1) is 0 Å². The van der Waals surface area contributed by atoms with Crippen molar-refractivity contribution in [1.82, 2.24) is 4.98 Å². The lowest BCUT2D eigenvalue weighted by atomic mass is 10.2. The first-order valence-electron chi connectivity index (χ1n) is 5.91. The van der Waals surface area contributed by atoms with Crippen LogP contribution in [-0.2, 0) is 0 Å². The van der Waals surface area contributed by atoms with Crippen LogP contribution in [0, 0.1) is 10.1 Å². The molecule has 0 aliphatic heterocycles. The number of anilines is 1. The molecule has 0 fully saturated rings. The molecule has 3 N–H and O–H groups in total. The Kier molecular flexibility index (Phi) is 3.98. The van der Waals surface area contributed by atoms with Gasteiger partial charge in [0.15, 0.2) is 0 Å². The second-order valence-corrected chi connectivity index (χ2v) is 4.03. The molecule has 0 radical (unpaired) electrons. The van der Waals surface area contributed by atoms with E-state index in [0.29, 0.717) is 17.2 Å². The fraction of sp³-hybridized carbons (Fsp3) is 0.0769. The average Bonchev–Trinajstić information content (AvgIpc) is 2.47. The van der Waals surface area contributed by atoms with Gasteiger partial charge in [-0.3, -0.25) is 19.9 Å². The van der Waals surface area contributed by atoms with Crippen molar-refractivity contribution in [3.63, 3.8) is 0 Å². The van der Waals surface area contributed by atoms with E-state index in [-0.39, 0.29) is 11.4 Å². The summed E-state index contributed by atoms with van der Waals surface area (Å²) in [6, 6.07) is 7.22. The Morgan fingerprint density at radius 1 is 1.33 bits per heavy atom. The second-order valence-electron chi connectivity index (χ2n) is 4.03. The Hall–Kier alpha value is -3.16. The van der Waals surface area contributed by atoms with Gasteiger partial charge in [0.1, 0.15) is 22.9 Å². The molecule has 2 rings (SSSR count). The standard InChI is InChI=1S/C13H12N4O4/c1-15-10-6-8(2-3-12(10)17(19)20)21-9-4-5-16-11(7-9)13(14)18/h2-7,15H,1H3,(H2,14,18). The number of amides is 1. The Bertz CT molecular complexity index is 702. The SMILES string of the molecule is CNc1cc(Oc2ccnc(C(N)=O)c2)ccc1[N+](=O)[O-]. The molecular formula is C13H12N4O4. The molecule has 1 aromatic heterocycles. The van der Waals surface area contributed by atoms with Crippen LogP contribution in [0.3, 0.4) is 0 Å². The van der Waals surface area contributed by atoms with Gasteiger partial charge in [-0.25, -0.2) is 0 Å². The van der Waals surface area contributed by atoms with Crippen molar-refractivity contribution in [1.29, 1.82) is 0 Å². The predicted molar refractivity (Wildman–Crippen MR) is 75.5 cm³/mol. The summed E-state index contributed by atoms with van der Waals surface area (Å²) in [5, 5.41) is 13.6. The number of nitro groups is 1. The number of nitrogens with zero attached hydrogens (tertiary/aromatic N) is 2. The molecule has 0 bridgehead atoms. The molecule has 1 aromatic carbocycles. The first kappa shape index (κ1) is 14.3. The molecule has 1 heterocycles. The summed E-state index contributed by atoms with van der Waals surface area (Å²) in [5.74, 6) is 0.0707. The normalized spacial score (nSPS) is 9.95. The molecule has 0 aliphatic carbocycles. The number of carbonyl (C=O) groups excluding carboxylic acids is 1. The number of nitrogens with two attached hydrogens (primary N) is 1. The van der Waals surface area contributed by atoms with Crippen LogP contribution in [0.5, 0.6) is 11.5 Å². The van der Waals surface area contributed by atoms with Crippen molar-refractivity contribution in [2.75, 3.05) is 12.4 Å². The maximum Gasteiger partial charge on any atom is 0.292 e. The molecule has 1 amide bonds. The minimum absolute atomic E-state index is 0.0580. The minimum Gasteiger partial charge on any atom is -0.457 e. The topological polar surface area (TPSA) is 120 Å². The molecule has 0 saturated heterocycles. The summed E-state index contributed by atoms with van der Waals surface area (Å²) in [6.07, 6.45) is 1.39. The van der Waals surface area contributed by atoms with E-state index in [2.05, 4.69) is 10.3 Å². The Labute approximate surface area is 119 Å². The molecular weight excluding hydrogens is 276 g/mol. The van der Waals surface area contributed by atoms with E-state index in [1.807, 2.05) is 0 Å². The Morgan fingerprint density at radius 2 is 2.05 bits per heavy atom. The summed E-state index contributed by atoms with van der Waals surface area (Å²) >= 11 is 0. The summed E-state index contributed by atoms with van der Waals surface area (Å²) in [4.78, 5) is 25.2. The monoisotopic (exact) mass is 288 g/mol. The van der Waals surface area contributed by atoms with E-state index in [1.54, 1.807) is 13.1 Å². The van der Waals surface area contributed by atoms with Crippen molar-refractivity contribution >= 4 is 17.3 Å². The zero-order valence-corrected chi connectivity index (χ0v) is 11.1. The lowest BCUT2D eigenvalue weighted by Gasteiger charge is -2.08. The maximum atomic E-state index is 11.0. The molecule has 21 heavy (non-hydrogen) atoms. The van der Waals surface area contributed by atoms with Gasteiger partial charge >= 0.3 is 0 Å². The van der Waals surface area contributed by atoms with Crippen LogP contribution in [0.2, 0.25) is 0 Å². The molecule has 0 atom stereocenters. The Balaban J connectivity index is 2.29. The van der Waals surface area contributed by atoms with Crippen LogP contribution in [-0.4, -0.2) is 22.9 Å². The number of hydrogen-bond donors (Lipinski definition) is 2. The highest BCUT2D eigenvalue weighted by Crippen LogP contribution is 2.31. The fourth-order valence-corrected chi connectivity index (χ4v) is 1.68. The number of nitrogens with one attached hydrogen (secondary N) is 1. The van der Waals surface area contributed by atoms with Crippen LogP contribution < -0.4 is 15.8 Å². The van der Waals surface area contributed by atoms with Gasteiger partial charge in [-0.1, -0.05) is 0 Å². The number of pyridine rings is 1. The molecule has 8 nitrogen and oxygen atoms in total. The first-order chi connectivity index (χ1) is 10.0. The molecule has 8 heteroatoms. The van der Waals surface area contributed by atoms with Crippen LogP contribution in [0.1, 0.15) is 10.5 Å². The minimum atomic E-state index is -0.667. The Morgan fingerprint density at radius 3 is 2.67 bits per heavy atom. The number of ether oxygens (including phenoxy) is 1. The third kappa shape index (κ3) is 3.24. The summed E-state index contributed by atoms with van der Waals surface area (Å²) in [5.41, 5.74) is 5.47. The lowest BCUT2D eigenvalue weighted by molar-refractivity contribution is -0.384. The van der Waals surface area contributed by atoms with Crippen LogP contribution in [0.25, 0.3) is 0 Å². The quantitative estimate of drug-likeness (QED) is 0.640. The molecule has 0 spiro atoms. The van der Waals surface area contributed by atoms with Crippen LogP contribution >= 0.6 is 0 Å². The largest absolute Gasteiger partial charge is 0.457 e. The number of hydrogen-bond acceptors (Lipinski definition) is 6. The number of rotatable bonds is 5. The average molecular weight is 288 g/mol. The van der Waals surface area contributed by atoms with Gasteiger partial charge < -0.3 is 15.8 Å². The van der Waals surface area contributed by atoms with E-state index < -0.39 is 10.8 Å². The molecule has 0 aliphatic rings. The zero-order valence-electron chi connectivity index (χ0n) is 11.1. The summed E-state index contributed by atoms with van der Waals surface area (Å²) in [7, 11) is 1.57. The molecule has 0 unspecified atom stereocenters. The fourth-order valence-electron chi connectivity index (χ4n) is 1.68. The van der Waals surface area contributed by atoms with E-state index in [4.69, 9.17) is 10.5 Å². The van der Waals surface area contributed by atoms with Gasteiger partial charge in [-0.05, 0) is 12.1 Å². The van der Waals surface area contributed by atoms with Crippen molar-refractivity contribution in [3.05, 3.63) is 52.3 Å². The second kappa shape index (κ2) is 5.87. The van der Waals surface area contributed by atoms with Gasteiger partial charge in [0.05, 0.1) is 4.92 Å². The van der Waals surface area contributed by atoms with Gasteiger partial charge in [-0.2, -0.15) is 0 Å². The van der Waals surface area contributed by atoms with Crippen molar-refractivity contribution < 1.29 is 14.5 Å². The highest BCUT2D eigenvalue weighted by Gasteiger charge is 2.14. The third-order valence-electron chi connectivity index (χ3n) is 2.65. The van der Waals surface area contributed by atoms with Gasteiger partial charge in [0.25, 0.3) is 11.6 Å². The van der Waals surface area contributed by atoms with Crippen molar-refractivity contribution in [2.45, 2.75) is 0 Å². The predicted octanol–water partition coefficient (Wildman–Crippen LogP) is 1.92. The van der Waals surface area contributed by atoms with Gasteiger partial charge in [0, 0.05) is 31.4 Å². The summed E-state index contributed by atoms with van der Waals surface area (Å²) < 4.78 is 5.54. The number of nitro benzene ring substituents is 1. The smallest absolute Gasteiger partial charge is 0.292 e. The zero-order chi connectivity index (χ0) is 15.4. The van der Waals surface area contributed by atoms with Crippen LogP contribution in [0.15, 0.2) is 36.5 Å². The number of benzene rings is 1. The molecule has 2 aromatic rings. The first-order valence-corrected chi connectivity index (χ1v) is 5.91. The highest BCUT2D eigenvalue weighted by atomic mass is 16.6. The van der Waals surface area contributed by atoms with E-state index in [9.17, 15) is 14.9 Å². The highest BCUT2D eigenvalue weighted by molar-refractivity contribution is 5.91. The number of aromatic nitrogens is 1. The van der Waals surface area contributed by atoms with E-state index in [0.717, 1.165) is 0 Å². The number of carbonyl (C=O) groups is 1. The molecule has 0 saturated carbocycles. The lowest BCUT2D eigenvalue weighted by Crippen LogP contribution is -2.12. The van der Waals surface area contributed by atoms with E-state index in [1.165, 1.54) is 30.5 Å². The maximum absolute atomic E-state index is 11.0. The van der Waals surface area contributed by atoms with Crippen molar-refractivity contribution in [2.24, 2.45) is 5.73 Å². The molecule has 108 valence electrons. The van der Waals surface area contributed by atoms with Crippen molar-refractivity contribution in [3.8, 4) is 11.5 Å². The van der Waals surface area contributed by atoms with Crippen LogP contribution in [0.4, 0.5) is 11.4 Å². The summed E-state index contributed by atoms with van der Waals surface area (Å²) in [6.45, 7) is 0. The van der Waals surface area contributed by atoms with E-state index >= 15 is 0 Å².